The van der Waals surface area contributed by atoms with Crippen molar-refractivity contribution >= 4 is 13.4 Å². The van der Waals surface area contributed by atoms with E-state index in [1.54, 1.807) is 0 Å². The molecule has 0 N–H and O–H groups in total. The second-order valence-electron chi connectivity index (χ2n) is 5.78. The second-order valence-corrected chi connectivity index (χ2v) is 9.33. The molecule has 32 heavy (non-hydrogen) atoms. The standard InChI is InChI=1S/C11H9F15NO4P/c1-28-32(29-2,30-3)6(10(21,22)23,11(24,25)26)27-4(31-32)5(7(12,13)14,8(15,16)17)9(18,19)20/h1-3H3. The quantitative estimate of drug-likeness (QED) is 0.325. The molecule has 1 aliphatic heterocycles. The zero-order valence-electron chi connectivity index (χ0n) is 15.2. The van der Waals surface area contributed by atoms with Crippen LogP contribution in [0.25, 0.3) is 0 Å². The molecule has 0 fully saturated rings. The summed E-state index contributed by atoms with van der Waals surface area (Å²) in [5.41, 5.74) is -7.47. The van der Waals surface area contributed by atoms with Crippen molar-refractivity contribution in [2.24, 2.45) is 10.4 Å². The molecule has 0 atom stereocenters. The normalized spacial score (nSPS) is 23.2. The van der Waals surface area contributed by atoms with E-state index in [4.69, 9.17) is 0 Å². The molecule has 0 aromatic heterocycles. The van der Waals surface area contributed by atoms with Gasteiger partial charge in [-0.15, -0.1) is 0 Å². The van der Waals surface area contributed by atoms with Crippen molar-refractivity contribution < 1.29 is 84.0 Å². The number of hydrogen-bond acceptors (Lipinski definition) is 5. The van der Waals surface area contributed by atoms with E-state index in [1.165, 1.54) is 4.99 Å². The summed E-state index contributed by atoms with van der Waals surface area (Å²) in [5.74, 6) is -4.14. The first-order valence-electron chi connectivity index (χ1n) is 7.16. The molecule has 1 aliphatic rings. The topological polar surface area (TPSA) is 49.3 Å². The second kappa shape index (κ2) is 7.11. The Labute approximate surface area is 166 Å². The summed E-state index contributed by atoms with van der Waals surface area (Å²) in [5, 5.41) is -6.41. The Kier molecular flexibility index (Phi) is 6.39. The molecule has 0 amide bonds. The van der Waals surface area contributed by atoms with Crippen molar-refractivity contribution in [2.45, 2.75) is 36.2 Å². The Hall–Kier alpha value is -1.27. The van der Waals surface area contributed by atoms with Crippen LogP contribution in [0, 0.1) is 5.41 Å². The van der Waals surface area contributed by atoms with Gasteiger partial charge in [0.05, 0.1) is 0 Å². The van der Waals surface area contributed by atoms with Crippen LogP contribution in [0.2, 0.25) is 0 Å². The molecule has 0 radical (unpaired) electrons. The van der Waals surface area contributed by atoms with Crippen molar-refractivity contribution in [3.63, 3.8) is 0 Å². The summed E-state index contributed by atoms with van der Waals surface area (Å²) in [6.07, 6.45) is -37.3. The van der Waals surface area contributed by atoms with Crippen molar-refractivity contribution in [1.29, 1.82) is 0 Å². The number of nitrogens with zero attached hydrogens (tertiary/aromatic N) is 1. The first-order valence-corrected chi connectivity index (χ1v) is 9.07. The van der Waals surface area contributed by atoms with Crippen LogP contribution in [0.1, 0.15) is 0 Å². The van der Waals surface area contributed by atoms with Crippen molar-refractivity contribution in [2.75, 3.05) is 21.3 Å². The summed E-state index contributed by atoms with van der Waals surface area (Å²) in [6, 6.07) is 0. The Balaban J connectivity index is 4.49. The van der Waals surface area contributed by atoms with Crippen LogP contribution in [0.5, 0.6) is 0 Å². The molecule has 0 bridgehead atoms. The summed E-state index contributed by atoms with van der Waals surface area (Å²) in [6.45, 7) is 0. The van der Waals surface area contributed by atoms with Crippen LogP contribution in [0.3, 0.4) is 0 Å². The Morgan fingerprint density at radius 1 is 0.625 bits per heavy atom. The van der Waals surface area contributed by atoms with E-state index in [1.807, 2.05) is 0 Å². The number of alkyl halides is 15. The van der Waals surface area contributed by atoms with Crippen LogP contribution in [-0.4, -0.2) is 63.4 Å². The molecule has 0 saturated heterocycles. The average molecular weight is 535 g/mol. The molecule has 0 unspecified atom stereocenters. The zero-order chi connectivity index (χ0) is 26.1. The van der Waals surface area contributed by atoms with Gasteiger partial charge in [0.1, 0.15) is 0 Å². The van der Waals surface area contributed by atoms with Gasteiger partial charge >= 0.3 is 165 Å². The molecule has 0 saturated carbocycles. The van der Waals surface area contributed by atoms with Gasteiger partial charge < -0.3 is 0 Å². The molecule has 0 aromatic rings. The predicted molar refractivity (Wildman–Crippen MR) is 71.9 cm³/mol. The molecule has 1 rings (SSSR count). The van der Waals surface area contributed by atoms with Gasteiger partial charge in [-0.05, 0) is 0 Å². The first kappa shape index (κ1) is 28.8. The summed E-state index contributed by atoms with van der Waals surface area (Å²) < 4.78 is 217. The number of hydrogen-bond donors (Lipinski definition) is 0. The Morgan fingerprint density at radius 2 is 0.906 bits per heavy atom. The third kappa shape index (κ3) is 3.08. The van der Waals surface area contributed by atoms with Gasteiger partial charge in [0.25, 0.3) is 0 Å². The molecule has 1 heterocycles. The van der Waals surface area contributed by atoms with Gasteiger partial charge in [0.15, 0.2) is 0 Å². The van der Waals surface area contributed by atoms with Crippen LogP contribution in [0.4, 0.5) is 65.9 Å². The van der Waals surface area contributed by atoms with Crippen LogP contribution in [0.15, 0.2) is 4.99 Å². The van der Waals surface area contributed by atoms with Crippen LogP contribution in [-0.2, 0) is 18.1 Å². The molecule has 21 heteroatoms. The summed E-state index contributed by atoms with van der Waals surface area (Å²) in [4.78, 5) is 1.24. The molecular weight excluding hydrogens is 526 g/mol. The van der Waals surface area contributed by atoms with Crippen LogP contribution >= 0.6 is 7.51 Å². The molecule has 0 spiro atoms. The third-order valence-corrected chi connectivity index (χ3v) is 8.41. The fourth-order valence-electron chi connectivity index (χ4n) is 2.90. The molecular formula is C11H9F15NO4P. The Morgan fingerprint density at radius 3 is 1.06 bits per heavy atom. The SMILES string of the molecule is COP1(OC)(OC)OC(C(C(F)(F)F)(C(F)(F)F)C(F)(F)F)=NC1(C(F)(F)F)C(F)(F)F. The van der Waals surface area contributed by atoms with Crippen molar-refractivity contribution in [1.82, 2.24) is 0 Å². The van der Waals surface area contributed by atoms with E-state index in [9.17, 15) is 65.9 Å². The van der Waals surface area contributed by atoms with Gasteiger partial charge in [-0.1, -0.05) is 0 Å². The van der Waals surface area contributed by atoms with Gasteiger partial charge in [0, 0.05) is 0 Å². The van der Waals surface area contributed by atoms with Gasteiger partial charge in [-0.3, -0.25) is 0 Å². The van der Waals surface area contributed by atoms with E-state index in [0.29, 0.717) is 0 Å². The maximum atomic E-state index is 13.7. The van der Waals surface area contributed by atoms with E-state index >= 15 is 0 Å². The molecule has 192 valence electrons. The van der Waals surface area contributed by atoms with Crippen molar-refractivity contribution in [3.05, 3.63) is 0 Å². The van der Waals surface area contributed by atoms with Crippen molar-refractivity contribution in [3.8, 4) is 0 Å². The number of rotatable bonds is 4. The van der Waals surface area contributed by atoms with E-state index in [-0.39, 0.29) is 21.3 Å². The summed E-state index contributed by atoms with van der Waals surface area (Å²) >= 11 is 0. The monoisotopic (exact) mass is 535 g/mol. The Bertz CT molecular complexity index is 697. The van der Waals surface area contributed by atoms with Gasteiger partial charge in [-0.25, -0.2) is 0 Å². The minimum absolute atomic E-state index is 0.202. The predicted octanol–water partition coefficient (Wildman–Crippen LogP) is 6.06. The first-order chi connectivity index (χ1) is 13.8. The number of aliphatic imine (C=N–C) groups is 1. The average Bonchev–Trinajstić information content (AvgIpc) is 2.85. The minimum atomic E-state index is -8.03. The van der Waals surface area contributed by atoms with E-state index < -0.39 is 55.0 Å². The molecule has 0 aliphatic carbocycles. The van der Waals surface area contributed by atoms with E-state index in [2.05, 4.69) is 18.1 Å². The number of halogens is 15. The van der Waals surface area contributed by atoms with E-state index in [0.717, 1.165) is 0 Å². The molecule has 5 nitrogen and oxygen atoms in total. The zero-order valence-corrected chi connectivity index (χ0v) is 16.1. The maximum absolute atomic E-state index is 13.7. The third-order valence-electron chi connectivity index (χ3n) is 4.37. The summed E-state index contributed by atoms with van der Waals surface area (Å²) in [7, 11) is -8.64. The molecule has 0 aromatic carbocycles. The van der Waals surface area contributed by atoms with Gasteiger partial charge in [-0.2, -0.15) is 0 Å². The van der Waals surface area contributed by atoms with Gasteiger partial charge in [0.2, 0.25) is 0 Å². The fraction of sp³-hybridized carbons (Fsp3) is 0.909. The van der Waals surface area contributed by atoms with Crippen LogP contribution < -0.4 is 0 Å². The fourth-order valence-corrected chi connectivity index (χ4v) is 6.05.